The third-order valence-electron chi connectivity index (χ3n) is 3.86. The molecule has 1 saturated heterocycles. The molecule has 1 aromatic carbocycles. The van der Waals surface area contributed by atoms with Crippen molar-refractivity contribution in [3.63, 3.8) is 0 Å². The molecule has 0 spiro atoms. The van der Waals surface area contributed by atoms with Gasteiger partial charge in [-0.2, -0.15) is 0 Å². The first-order valence-corrected chi connectivity index (χ1v) is 6.69. The molecule has 5 heteroatoms. The maximum Gasteiger partial charge on any atom is 0.149 e. The van der Waals surface area contributed by atoms with E-state index in [-0.39, 0.29) is 0 Å². The number of anilines is 2. The molecule has 2 heterocycles. The molecule has 5 nitrogen and oxygen atoms in total. The minimum atomic E-state index is -0.836. The van der Waals surface area contributed by atoms with Crippen molar-refractivity contribution in [3.05, 3.63) is 47.8 Å². The quantitative estimate of drug-likeness (QED) is 0.864. The van der Waals surface area contributed by atoms with Crippen LogP contribution < -0.4 is 10.6 Å². The number of aryl methyl sites for hydroxylation is 1. The fraction of sp³-hybridized carbons (Fsp3) is 0.333. The van der Waals surface area contributed by atoms with Crippen LogP contribution in [0.1, 0.15) is 17.5 Å². The highest BCUT2D eigenvalue weighted by atomic mass is 16.3. The van der Waals surface area contributed by atoms with Crippen molar-refractivity contribution >= 4 is 11.6 Å². The van der Waals surface area contributed by atoms with Gasteiger partial charge in [0, 0.05) is 6.54 Å². The van der Waals surface area contributed by atoms with Crippen LogP contribution in [0.5, 0.6) is 0 Å². The van der Waals surface area contributed by atoms with Crippen molar-refractivity contribution in [2.24, 2.45) is 0 Å². The molecule has 1 aromatic heterocycles. The Bertz CT molecular complexity index is 631. The summed E-state index contributed by atoms with van der Waals surface area (Å²) in [6, 6.07) is 7.96. The SMILES string of the molecule is Cc1ccccc1C1(O)CCN(c2cncc(N)n2)C1. The second-order valence-corrected chi connectivity index (χ2v) is 5.32. The van der Waals surface area contributed by atoms with E-state index in [9.17, 15) is 5.11 Å². The van der Waals surface area contributed by atoms with E-state index < -0.39 is 5.60 Å². The van der Waals surface area contributed by atoms with E-state index >= 15 is 0 Å². The Balaban J connectivity index is 1.88. The zero-order valence-electron chi connectivity index (χ0n) is 11.5. The van der Waals surface area contributed by atoms with Gasteiger partial charge < -0.3 is 15.7 Å². The number of nitrogens with two attached hydrogens (primary N) is 1. The normalized spacial score (nSPS) is 22.2. The molecule has 1 aliphatic rings. The molecular weight excluding hydrogens is 252 g/mol. The Kier molecular flexibility index (Phi) is 3.06. The zero-order valence-corrected chi connectivity index (χ0v) is 11.5. The molecule has 104 valence electrons. The summed E-state index contributed by atoms with van der Waals surface area (Å²) in [7, 11) is 0. The topological polar surface area (TPSA) is 75.3 Å². The fourth-order valence-corrected chi connectivity index (χ4v) is 2.83. The fourth-order valence-electron chi connectivity index (χ4n) is 2.83. The first kappa shape index (κ1) is 12.9. The highest BCUT2D eigenvalue weighted by molar-refractivity contribution is 5.45. The highest BCUT2D eigenvalue weighted by Gasteiger charge is 2.39. The van der Waals surface area contributed by atoms with Gasteiger partial charge in [-0.15, -0.1) is 0 Å². The minimum absolute atomic E-state index is 0.397. The molecular formula is C15H18N4O. The van der Waals surface area contributed by atoms with Crippen LogP contribution in [0.4, 0.5) is 11.6 Å². The number of benzene rings is 1. The monoisotopic (exact) mass is 270 g/mol. The summed E-state index contributed by atoms with van der Waals surface area (Å²) < 4.78 is 0. The predicted molar refractivity (Wildman–Crippen MR) is 78.4 cm³/mol. The Morgan fingerprint density at radius 2 is 2.10 bits per heavy atom. The van der Waals surface area contributed by atoms with Crippen LogP contribution >= 0.6 is 0 Å². The standard InChI is InChI=1S/C15H18N4O/c1-11-4-2-3-5-12(11)15(20)6-7-19(10-15)14-9-17-8-13(16)18-14/h2-5,8-9,20H,6-7,10H2,1H3,(H2,16,18). The van der Waals surface area contributed by atoms with Crippen molar-refractivity contribution in [1.29, 1.82) is 0 Å². The van der Waals surface area contributed by atoms with Gasteiger partial charge in [-0.1, -0.05) is 24.3 Å². The van der Waals surface area contributed by atoms with Gasteiger partial charge in [-0.05, 0) is 24.5 Å². The second-order valence-electron chi connectivity index (χ2n) is 5.32. The molecule has 0 aliphatic carbocycles. The summed E-state index contributed by atoms with van der Waals surface area (Å²) in [5.74, 6) is 1.11. The minimum Gasteiger partial charge on any atom is -0.383 e. The van der Waals surface area contributed by atoms with E-state index in [2.05, 4.69) is 9.97 Å². The van der Waals surface area contributed by atoms with E-state index in [0.29, 0.717) is 18.8 Å². The first-order valence-electron chi connectivity index (χ1n) is 6.69. The lowest BCUT2D eigenvalue weighted by atomic mass is 9.89. The number of hydrogen-bond acceptors (Lipinski definition) is 5. The van der Waals surface area contributed by atoms with Gasteiger partial charge in [-0.25, -0.2) is 4.98 Å². The third kappa shape index (κ3) is 2.20. The van der Waals surface area contributed by atoms with Gasteiger partial charge in [0.1, 0.15) is 17.2 Å². The first-order chi connectivity index (χ1) is 9.58. The Labute approximate surface area is 118 Å². The lowest BCUT2D eigenvalue weighted by molar-refractivity contribution is 0.0600. The molecule has 0 saturated carbocycles. The third-order valence-corrected chi connectivity index (χ3v) is 3.86. The van der Waals surface area contributed by atoms with Crippen molar-refractivity contribution in [3.8, 4) is 0 Å². The van der Waals surface area contributed by atoms with Crippen LogP contribution in [0.25, 0.3) is 0 Å². The maximum atomic E-state index is 10.9. The number of rotatable bonds is 2. The van der Waals surface area contributed by atoms with Gasteiger partial charge in [0.25, 0.3) is 0 Å². The van der Waals surface area contributed by atoms with Crippen molar-refractivity contribution < 1.29 is 5.11 Å². The van der Waals surface area contributed by atoms with Crippen LogP contribution in [0.2, 0.25) is 0 Å². The van der Waals surface area contributed by atoms with Crippen LogP contribution in [-0.2, 0) is 5.60 Å². The van der Waals surface area contributed by atoms with Crippen LogP contribution in [0, 0.1) is 6.92 Å². The molecule has 2 aromatic rings. The summed E-state index contributed by atoms with van der Waals surface area (Å²) in [4.78, 5) is 10.3. The molecule has 0 amide bonds. The van der Waals surface area contributed by atoms with Crippen LogP contribution in [0.3, 0.4) is 0 Å². The average molecular weight is 270 g/mol. The lowest BCUT2D eigenvalue weighted by Gasteiger charge is -2.25. The van der Waals surface area contributed by atoms with Crippen LogP contribution in [0.15, 0.2) is 36.7 Å². The molecule has 1 atom stereocenters. The molecule has 0 bridgehead atoms. The van der Waals surface area contributed by atoms with E-state index in [4.69, 9.17) is 5.73 Å². The van der Waals surface area contributed by atoms with E-state index in [1.807, 2.05) is 36.1 Å². The smallest absolute Gasteiger partial charge is 0.149 e. The molecule has 1 unspecified atom stereocenters. The summed E-state index contributed by atoms with van der Waals surface area (Å²) in [6.45, 7) is 3.27. The second kappa shape index (κ2) is 4.76. The summed E-state index contributed by atoms with van der Waals surface area (Å²) >= 11 is 0. The number of nitrogen functional groups attached to an aromatic ring is 1. The Morgan fingerprint density at radius 3 is 2.85 bits per heavy atom. The van der Waals surface area contributed by atoms with Crippen molar-refractivity contribution in [2.45, 2.75) is 18.9 Å². The molecule has 1 fully saturated rings. The van der Waals surface area contributed by atoms with Gasteiger partial charge >= 0.3 is 0 Å². The maximum absolute atomic E-state index is 10.9. The number of aromatic nitrogens is 2. The number of nitrogens with zero attached hydrogens (tertiary/aromatic N) is 3. The van der Waals surface area contributed by atoms with Gasteiger partial charge in [0.05, 0.1) is 18.9 Å². The number of hydrogen-bond donors (Lipinski definition) is 2. The van der Waals surface area contributed by atoms with E-state index in [1.165, 1.54) is 6.20 Å². The van der Waals surface area contributed by atoms with E-state index in [1.54, 1.807) is 6.20 Å². The molecule has 20 heavy (non-hydrogen) atoms. The predicted octanol–water partition coefficient (Wildman–Crippen LogP) is 1.47. The summed E-state index contributed by atoms with van der Waals surface area (Å²) in [5, 5.41) is 10.9. The molecule has 3 rings (SSSR count). The average Bonchev–Trinajstić information content (AvgIpc) is 2.83. The van der Waals surface area contributed by atoms with Crippen LogP contribution in [-0.4, -0.2) is 28.2 Å². The Hall–Kier alpha value is -2.14. The molecule has 3 N–H and O–H groups in total. The van der Waals surface area contributed by atoms with Gasteiger partial charge in [0.15, 0.2) is 0 Å². The zero-order chi connectivity index (χ0) is 14.2. The molecule has 0 radical (unpaired) electrons. The molecule has 1 aliphatic heterocycles. The summed E-state index contributed by atoms with van der Waals surface area (Å²) in [5.41, 5.74) is 6.92. The van der Waals surface area contributed by atoms with Gasteiger partial charge in [0.2, 0.25) is 0 Å². The summed E-state index contributed by atoms with van der Waals surface area (Å²) in [6.07, 6.45) is 3.88. The number of β-amino-alcohol motifs (C(OH)–C–C–N with tert-alkyl or cyclic N) is 1. The van der Waals surface area contributed by atoms with Gasteiger partial charge in [-0.3, -0.25) is 4.98 Å². The lowest BCUT2D eigenvalue weighted by Crippen LogP contribution is -2.31. The highest BCUT2D eigenvalue weighted by Crippen LogP contribution is 2.35. The largest absolute Gasteiger partial charge is 0.383 e. The Morgan fingerprint density at radius 1 is 1.30 bits per heavy atom. The number of aliphatic hydroxyl groups is 1. The van der Waals surface area contributed by atoms with E-state index in [0.717, 1.165) is 23.5 Å². The van der Waals surface area contributed by atoms with Crippen molar-refractivity contribution in [2.75, 3.05) is 23.7 Å². The van der Waals surface area contributed by atoms with Crippen molar-refractivity contribution in [1.82, 2.24) is 9.97 Å².